The first-order valence-corrected chi connectivity index (χ1v) is 10.5. The van der Waals surface area contributed by atoms with Gasteiger partial charge in [-0.15, -0.1) is 0 Å². The van der Waals surface area contributed by atoms with E-state index < -0.39 is 5.91 Å². The topological polar surface area (TPSA) is 108 Å². The van der Waals surface area contributed by atoms with Crippen LogP contribution in [0.2, 0.25) is 5.02 Å². The van der Waals surface area contributed by atoms with E-state index in [0.29, 0.717) is 22.8 Å². The van der Waals surface area contributed by atoms with Gasteiger partial charge < -0.3 is 29.7 Å². The highest BCUT2D eigenvalue weighted by Gasteiger charge is 2.31. The summed E-state index contributed by atoms with van der Waals surface area (Å²) in [5.41, 5.74) is 3.68. The van der Waals surface area contributed by atoms with Crippen LogP contribution in [0.15, 0.2) is 47.0 Å². The third-order valence-corrected chi connectivity index (χ3v) is 6.04. The Morgan fingerprint density at radius 1 is 1.25 bits per heavy atom. The van der Waals surface area contributed by atoms with E-state index in [4.69, 9.17) is 20.9 Å². The van der Waals surface area contributed by atoms with Gasteiger partial charge in [0.15, 0.2) is 5.76 Å². The third-order valence-electron chi connectivity index (χ3n) is 5.73. The van der Waals surface area contributed by atoms with E-state index in [1.54, 1.807) is 12.1 Å². The maximum atomic E-state index is 12.6. The number of anilines is 2. The van der Waals surface area contributed by atoms with Crippen molar-refractivity contribution in [1.82, 2.24) is 5.16 Å². The van der Waals surface area contributed by atoms with Crippen LogP contribution in [0.3, 0.4) is 0 Å². The Morgan fingerprint density at radius 3 is 2.69 bits per heavy atom. The highest BCUT2D eigenvalue weighted by atomic mass is 35.5. The van der Waals surface area contributed by atoms with Crippen molar-refractivity contribution in [3.05, 3.63) is 58.8 Å². The van der Waals surface area contributed by atoms with Crippen LogP contribution < -0.4 is 15.0 Å². The number of benzene rings is 2. The minimum absolute atomic E-state index is 0.0218. The maximum Gasteiger partial charge on any atom is 0.260 e. The summed E-state index contributed by atoms with van der Waals surface area (Å²) in [6.45, 7) is 1.43. The molecule has 1 amide bonds. The molecule has 32 heavy (non-hydrogen) atoms. The van der Waals surface area contributed by atoms with Crippen LogP contribution in [-0.2, 0) is 4.79 Å². The summed E-state index contributed by atoms with van der Waals surface area (Å²) in [6, 6.07) is 12.7. The molecule has 9 heteroatoms. The van der Waals surface area contributed by atoms with Crippen molar-refractivity contribution >= 4 is 40.2 Å². The number of carbonyl (C=O) groups excluding carboxylic acids is 1. The molecule has 3 heterocycles. The lowest BCUT2D eigenvalue weighted by Crippen LogP contribution is -2.20. The van der Waals surface area contributed by atoms with Gasteiger partial charge in [-0.05, 0) is 41.4 Å². The number of halogens is 1. The first-order valence-electron chi connectivity index (χ1n) is 10.1. The maximum absolute atomic E-state index is 12.6. The van der Waals surface area contributed by atoms with E-state index >= 15 is 0 Å². The standard InChI is InChI=1S/C23H20ClN3O5/c1-31-20-10-19(32-26-20)22(29)21-16-8-15(17(24)9-18(16)25-23(21)30)12-2-4-13(5-3-12)27-7-6-14(28)11-27/h2-5,8-10,14,28-29H,6-7,11H2,1H3,(H,25,30)/b22-21+. The molecular weight excluding hydrogens is 434 g/mol. The monoisotopic (exact) mass is 453 g/mol. The molecule has 2 aromatic carbocycles. The zero-order valence-electron chi connectivity index (χ0n) is 17.1. The number of amides is 1. The van der Waals surface area contributed by atoms with E-state index in [-0.39, 0.29) is 29.1 Å². The molecular formula is C23H20ClN3O5. The summed E-state index contributed by atoms with van der Waals surface area (Å²) in [6.07, 6.45) is 0.461. The van der Waals surface area contributed by atoms with Gasteiger partial charge in [-0.1, -0.05) is 23.7 Å². The van der Waals surface area contributed by atoms with Gasteiger partial charge in [0.25, 0.3) is 11.8 Å². The van der Waals surface area contributed by atoms with Gasteiger partial charge in [-0.2, -0.15) is 0 Å². The Morgan fingerprint density at radius 2 is 2.03 bits per heavy atom. The summed E-state index contributed by atoms with van der Waals surface area (Å²) >= 11 is 6.52. The third kappa shape index (κ3) is 3.47. The summed E-state index contributed by atoms with van der Waals surface area (Å²) in [5.74, 6) is -0.598. The molecule has 1 aromatic heterocycles. The number of fused-ring (bicyclic) bond motifs is 1. The number of rotatable bonds is 4. The molecule has 3 aromatic rings. The lowest BCUT2D eigenvalue weighted by atomic mass is 9.98. The summed E-state index contributed by atoms with van der Waals surface area (Å²) in [4.78, 5) is 14.7. The fourth-order valence-corrected chi connectivity index (χ4v) is 4.34. The molecule has 2 aliphatic rings. The van der Waals surface area contributed by atoms with Gasteiger partial charge in [0.1, 0.15) is 0 Å². The molecule has 164 valence electrons. The molecule has 0 radical (unpaired) electrons. The number of ether oxygens (including phenoxy) is 1. The van der Waals surface area contributed by atoms with Gasteiger partial charge in [0.05, 0.1) is 35.6 Å². The van der Waals surface area contributed by atoms with E-state index in [2.05, 4.69) is 15.4 Å². The first kappa shape index (κ1) is 20.4. The molecule has 1 unspecified atom stereocenters. The number of nitrogens with one attached hydrogen (secondary N) is 1. The van der Waals surface area contributed by atoms with Crippen molar-refractivity contribution in [2.24, 2.45) is 0 Å². The fourth-order valence-electron chi connectivity index (χ4n) is 4.07. The molecule has 0 spiro atoms. The molecule has 1 fully saturated rings. The van der Waals surface area contributed by atoms with Crippen molar-refractivity contribution in [2.75, 3.05) is 30.4 Å². The second kappa shape index (κ2) is 7.89. The zero-order chi connectivity index (χ0) is 22.4. The van der Waals surface area contributed by atoms with Crippen molar-refractivity contribution in [3.63, 3.8) is 0 Å². The summed E-state index contributed by atoms with van der Waals surface area (Å²) in [7, 11) is 1.43. The highest BCUT2D eigenvalue weighted by molar-refractivity contribution is 6.38. The molecule has 0 saturated carbocycles. The largest absolute Gasteiger partial charge is 0.504 e. The van der Waals surface area contributed by atoms with Gasteiger partial charge in [0.2, 0.25) is 5.76 Å². The molecule has 8 nitrogen and oxygen atoms in total. The van der Waals surface area contributed by atoms with Crippen LogP contribution in [0.5, 0.6) is 5.88 Å². The number of hydrogen-bond acceptors (Lipinski definition) is 7. The molecule has 1 atom stereocenters. The lowest BCUT2D eigenvalue weighted by Gasteiger charge is -2.18. The lowest BCUT2D eigenvalue weighted by molar-refractivity contribution is -0.110. The Balaban J connectivity index is 1.53. The van der Waals surface area contributed by atoms with Gasteiger partial charge in [-0.3, -0.25) is 4.79 Å². The predicted molar refractivity (Wildman–Crippen MR) is 121 cm³/mol. The van der Waals surface area contributed by atoms with Crippen LogP contribution in [0, 0.1) is 0 Å². The van der Waals surface area contributed by atoms with Gasteiger partial charge >= 0.3 is 0 Å². The summed E-state index contributed by atoms with van der Waals surface area (Å²) < 4.78 is 10.1. The van der Waals surface area contributed by atoms with Crippen molar-refractivity contribution in [3.8, 4) is 17.0 Å². The number of carbonyl (C=O) groups is 1. The Hall–Kier alpha value is -3.49. The second-order valence-corrected chi connectivity index (χ2v) is 8.13. The van der Waals surface area contributed by atoms with E-state index in [0.717, 1.165) is 29.8 Å². The van der Waals surface area contributed by atoms with E-state index in [9.17, 15) is 15.0 Å². The SMILES string of the molecule is COc1cc(/C(O)=C2\C(=O)Nc3cc(Cl)c(-c4ccc(N5CCC(O)C5)cc4)cc32)on1. The van der Waals surface area contributed by atoms with Crippen LogP contribution >= 0.6 is 11.6 Å². The van der Waals surface area contributed by atoms with E-state index in [1.807, 2.05) is 24.3 Å². The van der Waals surface area contributed by atoms with E-state index in [1.165, 1.54) is 13.2 Å². The number of nitrogens with zero attached hydrogens (tertiary/aromatic N) is 2. The first-order chi connectivity index (χ1) is 15.4. The smallest absolute Gasteiger partial charge is 0.260 e. The minimum Gasteiger partial charge on any atom is -0.504 e. The predicted octanol–water partition coefficient (Wildman–Crippen LogP) is 3.95. The fraction of sp³-hybridized carbons (Fsp3) is 0.217. The van der Waals surface area contributed by atoms with Crippen molar-refractivity contribution in [2.45, 2.75) is 12.5 Å². The molecule has 5 rings (SSSR count). The van der Waals surface area contributed by atoms with Gasteiger partial charge in [0, 0.05) is 29.9 Å². The molecule has 2 aliphatic heterocycles. The number of aromatic nitrogens is 1. The Labute approximate surface area is 188 Å². The van der Waals surface area contributed by atoms with Crippen LogP contribution in [0.1, 0.15) is 17.7 Å². The van der Waals surface area contributed by atoms with Crippen molar-refractivity contribution in [1.29, 1.82) is 0 Å². The molecule has 0 bridgehead atoms. The average Bonchev–Trinajstić information content (AvgIpc) is 3.51. The quantitative estimate of drug-likeness (QED) is 0.405. The number of hydrogen-bond donors (Lipinski definition) is 3. The second-order valence-electron chi connectivity index (χ2n) is 7.72. The average molecular weight is 454 g/mol. The number of β-amino-alcohol motifs (C(OH)–C–C–N with tert-alkyl or cyclic N) is 1. The number of aliphatic hydroxyl groups excluding tert-OH is 2. The summed E-state index contributed by atoms with van der Waals surface area (Å²) in [5, 5.41) is 27.4. The number of aliphatic hydroxyl groups is 2. The molecule has 0 aliphatic carbocycles. The van der Waals surface area contributed by atoms with Crippen LogP contribution in [-0.4, -0.2) is 47.6 Å². The number of methoxy groups -OCH3 is 1. The van der Waals surface area contributed by atoms with Crippen LogP contribution in [0.4, 0.5) is 11.4 Å². The normalized spacial score (nSPS) is 19.2. The highest BCUT2D eigenvalue weighted by Crippen LogP contribution is 2.42. The van der Waals surface area contributed by atoms with Gasteiger partial charge in [-0.25, -0.2) is 0 Å². The van der Waals surface area contributed by atoms with Crippen LogP contribution in [0.25, 0.3) is 22.5 Å². The zero-order valence-corrected chi connectivity index (χ0v) is 17.9. The minimum atomic E-state index is -0.468. The molecule has 3 N–H and O–H groups in total. The Bertz CT molecular complexity index is 1230. The van der Waals surface area contributed by atoms with Crippen molar-refractivity contribution < 1.29 is 24.3 Å². The Kier molecular flexibility index (Phi) is 5.03. The molecule has 1 saturated heterocycles.